The zero-order valence-electron chi connectivity index (χ0n) is 12.3. The van der Waals surface area contributed by atoms with E-state index in [0.717, 1.165) is 32.8 Å². The standard InChI is InChI=1S/C16H17BrN4/c1-10-8-16-18-9-15(12(3)21(16)20-10)11(2)19-14-6-4-13(17)5-7-14/h4-9,11,19H,1-3H3. The molecule has 0 saturated heterocycles. The Bertz CT molecular complexity index is 777. The number of nitrogens with one attached hydrogen (secondary N) is 1. The molecule has 0 saturated carbocycles. The zero-order valence-corrected chi connectivity index (χ0v) is 13.8. The molecule has 2 heterocycles. The summed E-state index contributed by atoms with van der Waals surface area (Å²) in [4.78, 5) is 4.49. The molecule has 1 atom stereocenters. The van der Waals surface area contributed by atoms with Crippen molar-refractivity contribution in [2.45, 2.75) is 26.8 Å². The van der Waals surface area contributed by atoms with Crippen molar-refractivity contribution in [3.8, 4) is 0 Å². The van der Waals surface area contributed by atoms with Crippen LogP contribution in [0.4, 0.5) is 5.69 Å². The van der Waals surface area contributed by atoms with E-state index in [1.807, 2.05) is 35.8 Å². The summed E-state index contributed by atoms with van der Waals surface area (Å²) in [5.41, 5.74) is 5.22. The smallest absolute Gasteiger partial charge is 0.155 e. The highest BCUT2D eigenvalue weighted by molar-refractivity contribution is 9.10. The summed E-state index contributed by atoms with van der Waals surface area (Å²) in [6, 6.07) is 10.3. The van der Waals surface area contributed by atoms with E-state index >= 15 is 0 Å². The number of rotatable bonds is 3. The first kappa shape index (κ1) is 14.1. The van der Waals surface area contributed by atoms with E-state index in [0.29, 0.717) is 0 Å². The summed E-state index contributed by atoms with van der Waals surface area (Å²) >= 11 is 3.45. The van der Waals surface area contributed by atoms with Crippen molar-refractivity contribution in [2.75, 3.05) is 5.32 Å². The lowest BCUT2D eigenvalue weighted by Gasteiger charge is -2.18. The second-order valence-electron chi connectivity index (χ2n) is 5.23. The van der Waals surface area contributed by atoms with Gasteiger partial charge in [-0.25, -0.2) is 9.50 Å². The molecule has 0 aliphatic rings. The highest BCUT2D eigenvalue weighted by Crippen LogP contribution is 2.23. The second kappa shape index (κ2) is 5.48. The largest absolute Gasteiger partial charge is 0.378 e. The third-order valence-electron chi connectivity index (χ3n) is 3.58. The van der Waals surface area contributed by atoms with Gasteiger partial charge < -0.3 is 5.32 Å². The first-order valence-electron chi connectivity index (χ1n) is 6.88. The van der Waals surface area contributed by atoms with Crippen LogP contribution in [0.15, 0.2) is 41.0 Å². The number of aryl methyl sites for hydroxylation is 2. The quantitative estimate of drug-likeness (QED) is 0.770. The molecule has 0 spiro atoms. The molecule has 1 N–H and O–H groups in total. The predicted octanol–water partition coefficient (Wildman–Crippen LogP) is 4.28. The monoisotopic (exact) mass is 344 g/mol. The van der Waals surface area contributed by atoms with Crippen molar-refractivity contribution in [1.29, 1.82) is 0 Å². The molecule has 1 unspecified atom stereocenters. The Morgan fingerprint density at radius 1 is 1.19 bits per heavy atom. The fourth-order valence-electron chi connectivity index (χ4n) is 2.47. The van der Waals surface area contributed by atoms with Crippen LogP contribution < -0.4 is 5.32 Å². The fourth-order valence-corrected chi connectivity index (χ4v) is 2.74. The Morgan fingerprint density at radius 3 is 2.62 bits per heavy atom. The SMILES string of the molecule is Cc1cc2ncc(C(C)Nc3ccc(Br)cc3)c(C)n2n1. The summed E-state index contributed by atoms with van der Waals surface area (Å²) in [6.45, 7) is 6.20. The third kappa shape index (κ3) is 2.78. The minimum absolute atomic E-state index is 0.160. The summed E-state index contributed by atoms with van der Waals surface area (Å²) in [5, 5.41) is 7.99. The Balaban J connectivity index is 1.92. The molecule has 3 rings (SSSR count). The van der Waals surface area contributed by atoms with E-state index in [-0.39, 0.29) is 6.04 Å². The average Bonchev–Trinajstić information content (AvgIpc) is 2.83. The van der Waals surface area contributed by atoms with Crippen molar-refractivity contribution in [3.63, 3.8) is 0 Å². The van der Waals surface area contributed by atoms with Gasteiger partial charge in [-0.3, -0.25) is 0 Å². The van der Waals surface area contributed by atoms with Crippen LogP contribution in [-0.4, -0.2) is 14.6 Å². The van der Waals surface area contributed by atoms with E-state index in [1.165, 1.54) is 0 Å². The van der Waals surface area contributed by atoms with Gasteiger partial charge in [-0.1, -0.05) is 15.9 Å². The molecule has 21 heavy (non-hydrogen) atoms. The van der Waals surface area contributed by atoms with Crippen LogP contribution in [0.25, 0.3) is 5.65 Å². The minimum Gasteiger partial charge on any atom is -0.378 e. The van der Waals surface area contributed by atoms with Crippen LogP contribution in [0.1, 0.15) is 29.9 Å². The number of nitrogens with zero attached hydrogens (tertiary/aromatic N) is 3. The molecule has 1 aromatic carbocycles. The first-order chi connectivity index (χ1) is 10.0. The number of anilines is 1. The van der Waals surface area contributed by atoms with Gasteiger partial charge in [0, 0.05) is 33.7 Å². The van der Waals surface area contributed by atoms with Crippen molar-refractivity contribution >= 4 is 27.3 Å². The van der Waals surface area contributed by atoms with Crippen LogP contribution in [0, 0.1) is 13.8 Å². The Kier molecular flexibility index (Phi) is 3.68. The highest BCUT2D eigenvalue weighted by Gasteiger charge is 2.13. The van der Waals surface area contributed by atoms with Crippen LogP contribution in [0.2, 0.25) is 0 Å². The van der Waals surface area contributed by atoms with Gasteiger partial charge in [-0.2, -0.15) is 5.10 Å². The molecule has 0 fully saturated rings. The van der Waals surface area contributed by atoms with Crippen LogP contribution in [0.3, 0.4) is 0 Å². The molecule has 4 nitrogen and oxygen atoms in total. The lowest BCUT2D eigenvalue weighted by Crippen LogP contribution is -2.11. The van der Waals surface area contributed by atoms with Crippen molar-refractivity contribution in [2.24, 2.45) is 0 Å². The number of fused-ring (bicyclic) bond motifs is 1. The number of halogens is 1. The highest BCUT2D eigenvalue weighted by atomic mass is 79.9. The van der Waals surface area contributed by atoms with Gasteiger partial charge in [0.2, 0.25) is 0 Å². The number of hydrogen-bond donors (Lipinski definition) is 1. The lowest BCUT2D eigenvalue weighted by molar-refractivity contribution is 0.798. The van der Waals surface area contributed by atoms with Crippen LogP contribution >= 0.6 is 15.9 Å². The van der Waals surface area contributed by atoms with Gasteiger partial charge in [0.25, 0.3) is 0 Å². The third-order valence-corrected chi connectivity index (χ3v) is 4.11. The summed E-state index contributed by atoms with van der Waals surface area (Å²) in [5.74, 6) is 0. The predicted molar refractivity (Wildman–Crippen MR) is 88.6 cm³/mol. The first-order valence-corrected chi connectivity index (χ1v) is 7.68. The Morgan fingerprint density at radius 2 is 1.90 bits per heavy atom. The van der Waals surface area contributed by atoms with E-state index in [2.05, 4.69) is 57.3 Å². The number of aromatic nitrogens is 3. The van der Waals surface area contributed by atoms with Crippen LogP contribution in [-0.2, 0) is 0 Å². The van der Waals surface area contributed by atoms with Gasteiger partial charge in [0.15, 0.2) is 5.65 Å². The molecule has 5 heteroatoms. The fraction of sp³-hybridized carbons (Fsp3) is 0.250. The maximum atomic E-state index is 4.49. The minimum atomic E-state index is 0.160. The molecule has 108 valence electrons. The topological polar surface area (TPSA) is 42.2 Å². The molecular formula is C16H17BrN4. The van der Waals surface area contributed by atoms with Crippen molar-refractivity contribution in [3.05, 3.63) is 58.0 Å². The maximum Gasteiger partial charge on any atom is 0.155 e. The molecular weight excluding hydrogens is 328 g/mol. The lowest BCUT2D eigenvalue weighted by atomic mass is 10.1. The molecule has 2 aromatic heterocycles. The average molecular weight is 345 g/mol. The molecule has 3 aromatic rings. The van der Waals surface area contributed by atoms with Crippen LogP contribution in [0.5, 0.6) is 0 Å². The molecule has 0 aliphatic carbocycles. The van der Waals surface area contributed by atoms with Crippen molar-refractivity contribution < 1.29 is 0 Å². The van der Waals surface area contributed by atoms with Gasteiger partial charge in [0.05, 0.1) is 11.7 Å². The summed E-state index contributed by atoms with van der Waals surface area (Å²) in [7, 11) is 0. The Labute approximate surface area is 132 Å². The molecule has 0 aliphatic heterocycles. The number of benzene rings is 1. The van der Waals surface area contributed by atoms with Gasteiger partial charge in [-0.15, -0.1) is 0 Å². The molecule has 0 bridgehead atoms. The maximum absolute atomic E-state index is 4.49. The molecule has 0 radical (unpaired) electrons. The zero-order chi connectivity index (χ0) is 15.0. The van der Waals surface area contributed by atoms with E-state index < -0.39 is 0 Å². The van der Waals surface area contributed by atoms with E-state index in [1.54, 1.807) is 0 Å². The van der Waals surface area contributed by atoms with Gasteiger partial charge in [0.1, 0.15) is 0 Å². The second-order valence-corrected chi connectivity index (χ2v) is 6.14. The summed E-state index contributed by atoms with van der Waals surface area (Å²) < 4.78 is 2.98. The van der Waals surface area contributed by atoms with Gasteiger partial charge in [-0.05, 0) is 45.0 Å². The van der Waals surface area contributed by atoms with Crippen molar-refractivity contribution in [1.82, 2.24) is 14.6 Å². The molecule has 0 amide bonds. The van der Waals surface area contributed by atoms with Gasteiger partial charge >= 0.3 is 0 Å². The van der Waals surface area contributed by atoms with E-state index in [9.17, 15) is 0 Å². The Hall–Kier alpha value is -1.88. The number of hydrogen-bond acceptors (Lipinski definition) is 3. The normalized spacial score (nSPS) is 12.6. The van der Waals surface area contributed by atoms with E-state index in [4.69, 9.17) is 0 Å². The summed E-state index contributed by atoms with van der Waals surface area (Å²) in [6.07, 6.45) is 1.93.